The van der Waals surface area contributed by atoms with Crippen molar-refractivity contribution in [2.75, 3.05) is 26.2 Å². The van der Waals surface area contributed by atoms with Gasteiger partial charge in [0.2, 0.25) is 5.91 Å². The number of carbonyl (C=O) groups is 1. The largest absolute Gasteiger partial charge is 0.356 e. The van der Waals surface area contributed by atoms with Gasteiger partial charge >= 0.3 is 0 Å². The molecule has 2 N–H and O–H groups in total. The fourth-order valence-electron chi connectivity index (χ4n) is 4.35. The van der Waals surface area contributed by atoms with Gasteiger partial charge in [-0.05, 0) is 51.4 Å². The maximum absolute atomic E-state index is 12.3. The number of nitrogens with one attached hydrogen (secondary N) is 2. The number of benzene rings is 1. The van der Waals surface area contributed by atoms with Crippen molar-refractivity contribution in [2.24, 2.45) is 0 Å². The number of aryl methyl sites for hydroxylation is 1. The summed E-state index contributed by atoms with van der Waals surface area (Å²) in [6, 6.07) is 7.94. The molecule has 4 rings (SSSR count). The molecule has 3 heterocycles. The first-order chi connectivity index (χ1) is 14.2. The second kappa shape index (κ2) is 9.22. The van der Waals surface area contributed by atoms with Gasteiger partial charge in [0.25, 0.3) is 5.56 Å². The summed E-state index contributed by atoms with van der Waals surface area (Å²) in [5.41, 5.74) is 1.44. The van der Waals surface area contributed by atoms with E-state index >= 15 is 0 Å². The molecule has 0 unspecified atom stereocenters. The molecule has 1 aliphatic rings. The van der Waals surface area contributed by atoms with Crippen molar-refractivity contribution in [3.8, 4) is 0 Å². The number of hydrogen-bond acceptors (Lipinski definition) is 4. The predicted molar refractivity (Wildman–Crippen MR) is 115 cm³/mol. The zero-order valence-electron chi connectivity index (χ0n) is 16.8. The van der Waals surface area contributed by atoms with Crippen LogP contribution in [0.4, 0.5) is 0 Å². The van der Waals surface area contributed by atoms with Crippen molar-refractivity contribution in [2.45, 2.75) is 45.1 Å². The summed E-state index contributed by atoms with van der Waals surface area (Å²) < 4.78 is 2.01. The van der Waals surface area contributed by atoms with Gasteiger partial charge in [-0.15, -0.1) is 0 Å². The van der Waals surface area contributed by atoms with Gasteiger partial charge in [-0.1, -0.05) is 24.6 Å². The van der Waals surface area contributed by atoms with Crippen LogP contribution >= 0.6 is 0 Å². The molecule has 0 atom stereocenters. The summed E-state index contributed by atoms with van der Waals surface area (Å²) in [4.78, 5) is 27.0. The molecular weight excluding hydrogens is 366 g/mol. The standard InChI is InChI=1S/C22H29N5O2/c28-20(23-11-7-14-26-12-4-1-5-13-26)10-6-15-27-19-9-3-2-8-17(19)18-16-24-25-22(29)21(18)27/h2-3,8-9,16H,1,4-7,10-15H2,(H,23,28)(H,25,29). The average Bonchev–Trinajstić information content (AvgIpc) is 3.07. The smallest absolute Gasteiger partial charge is 0.288 e. The van der Waals surface area contributed by atoms with Gasteiger partial charge in [0, 0.05) is 35.8 Å². The second-order valence-electron chi connectivity index (χ2n) is 7.84. The maximum atomic E-state index is 12.3. The summed E-state index contributed by atoms with van der Waals surface area (Å²) in [5.74, 6) is 0.0833. The van der Waals surface area contributed by atoms with E-state index in [2.05, 4.69) is 20.4 Å². The van der Waals surface area contributed by atoms with Crippen LogP contribution in [-0.2, 0) is 11.3 Å². The van der Waals surface area contributed by atoms with Crippen molar-refractivity contribution in [1.29, 1.82) is 0 Å². The minimum absolute atomic E-state index is 0.0833. The number of hydrogen-bond donors (Lipinski definition) is 2. The highest BCUT2D eigenvalue weighted by Crippen LogP contribution is 2.26. The van der Waals surface area contributed by atoms with Crippen LogP contribution in [0, 0.1) is 0 Å². The molecule has 7 heteroatoms. The van der Waals surface area contributed by atoms with E-state index in [1.54, 1.807) is 6.20 Å². The average molecular weight is 396 g/mol. The van der Waals surface area contributed by atoms with Gasteiger partial charge in [0.1, 0.15) is 5.52 Å². The van der Waals surface area contributed by atoms with Gasteiger partial charge in [-0.3, -0.25) is 9.59 Å². The molecule has 3 aromatic rings. The molecule has 2 aromatic heterocycles. The van der Waals surface area contributed by atoms with Crippen LogP contribution in [0.25, 0.3) is 21.8 Å². The molecule has 1 aromatic carbocycles. The highest BCUT2D eigenvalue weighted by atomic mass is 16.1. The number of H-pyrrole nitrogens is 1. The summed E-state index contributed by atoms with van der Waals surface area (Å²) in [6.07, 6.45) is 7.80. The van der Waals surface area contributed by atoms with Gasteiger partial charge in [-0.25, -0.2) is 5.10 Å². The minimum atomic E-state index is -0.194. The molecule has 0 bridgehead atoms. The lowest BCUT2D eigenvalue weighted by molar-refractivity contribution is -0.121. The Morgan fingerprint density at radius 3 is 2.76 bits per heavy atom. The molecule has 0 saturated carbocycles. The zero-order chi connectivity index (χ0) is 20.1. The Kier molecular flexibility index (Phi) is 6.24. The van der Waals surface area contributed by atoms with Crippen LogP contribution in [0.1, 0.15) is 38.5 Å². The van der Waals surface area contributed by atoms with Gasteiger partial charge in [-0.2, -0.15) is 5.10 Å². The Labute approximate surface area is 170 Å². The lowest BCUT2D eigenvalue weighted by atomic mass is 10.1. The van der Waals surface area contributed by atoms with E-state index < -0.39 is 0 Å². The molecule has 0 aliphatic carbocycles. The van der Waals surface area contributed by atoms with Crippen molar-refractivity contribution >= 4 is 27.7 Å². The van der Waals surface area contributed by atoms with Crippen LogP contribution in [0.5, 0.6) is 0 Å². The van der Waals surface area contributed by atoms with E-state index in [1.807, 2.05) is 28.8 Å². The second-order valence-corrected chi connectivity index (χ2v) is 7.84. The molecule has 7 nitrogen and oxygen atoms in total. The van der Waals surface area contributed by atoms with Gasteiger partial charge in [0.15, 0.2) is 0 Å². The van der Waals surface area contributed by atoms with E-state index in [4.69, 9.17) is 0 Å². The number of piperidine rings is 1. The van der Waals surface area contributed by atoms with Crippen LogP contribution in [0.15, 0.2) is 35.3 Å². The predicted octanol–water partition coefficient (Wildman–Crippen LogP) is 2.65. The van der Waals surface area contributed by atoms with E-state index in [1.165, 1.54) is 32.4 Å². The molecule has 154 valence electrons. The van der Waals surface area contributed by atoms with Crippen LogP contribution < -0.4 is 10.9 Å². The first-order valence-electron chi connectivity index (χ1n) is 10.7. The minimum Gasteiger partial charge on any atom is -0.356 e. The third kappa shape index (κ3) is 4.50. The Balaban J connectivity index is 1.30. The first-order valence-corrected chi connectivity index (χ1v) is 10.7. The first kappa shape index (κ1) is 19.6. The lowest BCUT2D eigenvalue weighted by Crippen LogP contribution is -2.33. The highest BCUT2D eigenvalue weighted by molar-refractivity contribution is 6.07. The quantitative estimate of drug-likeness (QED) is 0.575. The number of carbonyl (C=O) groups excluding carboxylic acids is 1. The number of rotatable bonds is 8. The Morgan fingerprint density at radius 2 is 1.90 bits per heavy atom. The van der Waals surface area contributed by atoms with Crippen LogP contribution in [-0.4, -0.2) is 51.8 Å². The topological polar surface area (TPSA) is 83.0 Å². The summed E-state index contributed by atoms with van der Waals surface area (Å²) in [7, 11) is 0. The number of nitrogens with zero attached hydrogens (tertiary/aromatic N) is 3. The van der Waals surface area contributed by atoms with Crippen molar-refractivity contribution in [3.63, 3.8) is 0 Å². The number of likely N-dealkylation sites (tertiary alicyclic amines) is 1. The van der Waals surface area contributed by atoms with Crippen LogP contribution in [0.3, 0.4) is 0 Å². The van der Waals surface area contributed by atoms with Gasteiger partial charge < -0.3 is 14.8 Å². The van der Waals surface area contributed by atoms with E-state index in [0.29, 0.717) is 24.9 Å². The molecule has 0 spiro atoms. The monoisotopic (exact) mass is 395 g/mol. The van der Waals surface area contributed by atoms with E-state index in [9.17, 15) is 9.59 Å². The fraction of sp³-hybridized carbons (Fsp3) is 0.500. The van der Waals surface area contributed by atoms with E-state index in [-0.39, 0.29) is 11.5 Å². The molecule has 1 aliphatic heterocycles. The Morgan fingerprint density at radius 1 is 1.07 bits per heavy atom. The van der Waals surface area contributed by atoms with E-state index in [0.717, 1.165) is 35.8 Å². The zero-order valence-corrected chi connectivity index (χ0v) is 16.8. The summed E-state index contributed by atoms with van der Waals surface area (Å²) in [6.45, 7) is 4.82. The third-order valence-corrected chi connectivity index (χ3v) is 5.79. The highest BCUT2D eigenvalue weighted by Gasteiger charge is 2.14. The normalized spacial score (nSPS) is 15.2. The maximum Gasteiger partial charge on any atom is 0.288 e. The van der Waals surface area contributed by atoms with Crippen molar-refractivity contribution < 1.29 is 4.79 Å². The molecule has 1 saturated heterocycles. The summed E-state index contributed by atoms with van der Waals surface area (Å²) in [5, 5.41) is 11.4. The number of fused-ring (bicyclic) bond motifs is 3. The number of aromatic amines is 1. The number of para-hydroxylation sites is 1. The third-order valence-electron chi connectivity index (χ3n) is 5.79. The molecule has 29 heavy (non-hydrogen) atoms. The number of amides is 1. The Bertz CT molecular complexity index is 1030. The summed E-state index contributed by atoms with van der Waals surface area (Å²) >= 11 is 0. The lowest BCUT2D eigenvalue weighted by Gasteiger charge is -2.26. The van der Waals surface area contributed by atoms with Crippen molar-refractivity contribution in [1.82, 2.24) is 25.0 Å². The van der Waals surface area contributed by atoms with Crippen LogP contribution in [0.2, 0.25) is 0 Å². The SMILES string of the molecule is O=C(CCCn1c2ccccc2c2cn[nH]c(=O)c21)NCCCN1CCCCC1. The molecule has 0 radical (unpaired) electrons. The number of aromatic nitrogens is 3. The van der Waals surface area contributed by atoms with Gasteiger partial charge in [0.05, 0.1) is 6.20 Å². The van der Waals surface area contributed by atoms with Crippen molar-refractivity contribution in [3.05, 3.63) is 40.8 Å². The molecule has 1 fully saturated rings. The molecular formula is C22H29N5O2. The Hall–Kier alpha value is -2.67. The fourth-order valence-corrected chi connectivity index (χ4v) is 4.35. The molecule has 1 amide bonds.